The molecule has 4 nitrogen and oxygen atoms in total. The Labute approximate surface area is 160 Å². The van der Waals surface area contributed by atoms with E-state index in [1.54, 1.807) is 0 Å². The van der Waals surface area contributed by atoms with Crippen molar-refractivity contribution < 1.29 is 9.53 Å². The molecule has 1 amide bonds. The molecule has 0 radical (unpaired) electrons. The molecule has 0 unspecified atom stereocenters. The third-order valence-corrected chi connectivity index (χ3v) is 4.83. The van der Waals surface area contributed by atoms with Crippen LogP contribution in [0.4, 0.5) is 0 Å². The fourth-order valence-corrected chi connectivity index (χ4v) is 3.28. The number of benzene rings is 2. The van der Waals surface area contributed by atoms with Gasteiger partial charge in [-0.05, 0) is 29.7 Å². The first-order valence-corrected chi connectivity index (χ1v) is 9.48. The van der Waals surface area contributed by atoms with Gasteiger partial charge in [0, 0.05) is 31.2 Å². The highest BCUT2D eigenvalue weighted by Crippen LogP contribution is 2.21. The van der Waals surface area contributed by atoms with Crippen LogP contribution < -0.4 is 5.32 Å². The molecule has 138 valence electrons. The number of carbonyl (C=O) groups excluding carboxylic acids is 1. The number of nitrogens with one attached hydrogen (secondary N) is 1. The van der Waals surface area contributed by atoms with Gasteiger partial charge in [0.15, 0.2) is 0 Å². The molecule has 1 N–H and O–H groups in total. The maximum atomic E-state index is 12.0. The van der Waals surface area contributed by atoms with Gasteiger partial charge in [-0.2, -0.15) is 0 Å². The van der Waals surface area contributed by atoms with E-state index in [0.717, 1.165) is 38.2 Å². The minimum Gasteiger partial charge on any atom is -0.371 e. The molecule has 0 aromatic heterocycles. The molecule has 1 aliphatic heterocycles. The SMILES string of the molecule is O=C(Cc1ccc(Cl)cc1)NCCCN1CCO[C@H](c2ccccc2)C1. The summed E-state index contributed by atoms with van der Waals surface area (Å²) in [4.78, 5) is 14.4. The number of hydrogen-bond donors (Lipinski definition) is 1. The minimum atomic E-state index is 0.0523. The lowest BCUT2D eigenvalue weighted by Gasteiger charge is -2.33. The van der Waals surface area contributed by atoms with Crippen LogP contribution in [0.2, 0.25) is 5.02 Å². The Balaban J connectivity index is 1.35. The van der Waals surface area contributed by atoms with Crippen molar-refractivity contribution in [2.24, 2.45) is 0 Å². The van der Waals surface area contributed by atoms with Gasteiger partial charge in [0.05, 0.1) is 19.1 Å². The number of rotatable bonds is 7. The number of ether oxygens (including phenoxy) is 1. The number of morpholine rings is 1. The highest BCUT2D eigenvalue weighted by Gasteiger charge is 2.21. The van der Waals surface area contributed by atoms with Gasteiger partial charge in [0.1, 0.15) is 0 Å². The first kappa shape index (κ1) is 18.9. The predicted molar refractivity (Wildman–Crippen MR) is 104 cm³/mol. The Kier molecular flexibility index (Phi) is 7.06. The van der Waals surface area contributed by atoms with Crippen LogP contribution in [0, 0.1) is 0 Å². The fraction of sp³-hybridized carbons (Fsp3) is 0.381. The van der Waals surface area contributed by atoms with E-state index in [4.69, 9.17) is 16.3 Å². The van der Waals surface area contributed by atoms with Crippen molar-refractivity contribution in [3.63, 3.8) is 0 Å². The average Bonchev–Trinajstić information content (AvgIpc) is 2.68. The second kappa shape index (κ2) is 9.72. The smallest absolute Gasteiger partial charge is 0.224 e. The van der Waals surface area contributed by atoms with Crippen LogP contribution in [0.25, 0.3) is 0 Å². The molecule has 2 aromatic rings. The van der Waals surface area contributed by atoms with Crippen LogP contribution in [0.3, 0.4) is 0 Å². The molecular weight excluding hydrogens is 348 g/mol. The topological polar surface area (TPSA) is 41.6 Å². The van der Waals surface area contributed by atoms with Crippen LogP contribution in [0.15, 0.2) is 54.6 Å². The molecule has 0 aliphatic carbocycles. The molecule has 26 heavy (non-hydrogen) atoms. The van der Waals surface area contributed by atoms with Crippen molar-refractivity contribution >= 4 is 17.5 Å². The van der Waals surface area contributed by atoms with E-state index >= 15 is 0 Å². The van der Waals surface area contributed by atoms with E-state index < -0.39 is 0 Å². The van der Waals surface area contributed by atoms with E-state index in [0.29, 0.717) is 18.0 Å². The Hall–Kier alpha value is -1.88. The van der Waals surface area contributed by atoms with Crippen LogP contribution in [-0.2, 0) is 16.0 Å². The van der Waals surface area contributed by atoms with Gasteiger partial charge < -0.3 is 10.1 Å². The summed E-state index contributed by atoms with van der Waals surface area (Å²) in [5, 5.41) is 3.69. The largest absolute Gasteiger partial charge is 0.371 e. The van der Waals surface area contributed by atoms with Gasteiger partial charge in [-0.25, -0.2) is 0 Å². The number of halogens is 1. The standard InChI is InChI=1S/C21H25ClN2O2/c22-19-9-7-17(8-10-19)15-21(25)23-11-4-12-24-13-14-26-20(16-24)18-5-2-1-3-6-18/h1-3,5-10,20H,4,11-16H2,(H,23,25)/t20-/m0/s1. The van der Waals surface area contributed by atoms with Crippen molar-refractivity contribution in [1.29, 1.82) is 0 Å². The van der Waals surface area contributed by atoms with Crippen LogP contribution in [-0.4, -0.2) is 43.6 Å². The van der Waals surface area contributed by atoms with Gasteiger partial charge in [-0.15, -0.1) is 0 Å². The van der Waals surface area contributed by atoms with E-state index in [-0.39, 0.29) is 12.0 Å². The zero-order valence-corrected chi connectivity index (χ0v) is 15.6. The molecule has 1 saturated heterocycles. The van der Waals surface area contributed by atoms with Gasteiger partial charge >= 0.3 is 0 Å². The van der Waals surface area contributed by atoms with Gasteiger partial charge in [0.2, 0.25) is 5.91 Å². The summed E-state index contributed by atoms with van der Waals surface area (Å²) in [5.74, 6) is 0.0523. The van der Waals surface area contributed by atoms with E-state index in [1.165, 1.54) is 5.56 Å². The summed E-state index contributed by atoms with van der Waals surface area (Å²) in [6, 6.07) is 17.8. The highest BCUT2D eigenvalue weighted by molar-refractivity contribution is 6.30. The Morgan fingerprint density at radius 3 is 2.69 bits per heavy atom. The summed E-state index contributed by atoms with van der Waals surface area (Å²) in [6.07, 6.45) is 1.48. The zero-order valence-electron chi connectivity index (χ0n) is 14.9. The molecule has 5 heteroatoms. The van der Waals surface area contributed by atoms with E-state index in [9.17, 15) is 4.79 Å². The van der Waals surface area contributed by atoms with Crippen LogP contribution in [0.1, 0.15) is 23.7 Å². The monoisotopic (exact) mass is 372 g/mol. The number of carbonyl (C=O) groups is 1. The molecular formula is C21H25ClN2O2. The third-order valence-electron chi connectivity index (χ3n) is 4.57. The summed E-state index contributed by atoms with van der Waals surface area (Å²) in [7, 11) is 0. The predicted octanol–water partition coefficient (Wildman–Crippen LogP) is 3.46. The first-order chi connectivity index (χ1) is 12.7. The normalized spacial score (nSPS) is 17.8. The maximum Gasteiger partial charge on any atom is 0.224 e. The number of hydrogen-bond acceptors (Lipinski definition) is 3. The maximum absolute atomic E-state index is 12.0. The molecule has 0 spiro atoms. The Morgan fingerprint density at radius 2 is 1.92 bits per heavy atom. The molecule has 1 atom stereocenters. The molecule has 3 rings (SSSR count). The molecule has 1 fully saturated rings. The number of amides is 1. The van der Waals surface area contributed by atoms with Crippen molar-refractivity contribution in [2.75, 3.05) is 32.8 Å². The summed E-state index contributed by atoms with van der Waals surface area (Å²) < 4.78 is 5.89. The zero-order chi connectivity index (χ0) is 18.2. The van der Waals surface area contributed by atoms with Crippen LogP contribution in [0.5, 0.6) is 0 Å². The highest BCUT2D eigenvalue weighted by atomic mass is 35.5. The van der Waals surface area contributed by atoms with E-state index in [2.05, 4.69) is 22.3 Å². The number of nitrogens with zero attached hydrogens (tertiary/aromatic N) is 1. The quantitative estimate of drug-likeness (QED) is 0.757. The van der Waals surface area contributed by atoms with Gasteiger partial charge in [-0.1, -0.05) is 54.1 Å². The first-order valence-electron chi connectivity index (χ1n) is 9.11. The van der Waals surface area contributed by atoms with Crippen molar-refractivity contribution in [1.82, 2.24) is 10.2 Å². The Morgan fingerprint density at radius 1 is 1.15 bits per heavy atom. The third kappa shape index (κ3) is 5.84. The second-order valence-corrected chi connectivity index (χ2v) is 7.01. The molecule has 0 bridgehead atoms. The lowest BCUT2D eigenvalue weighted by Crippen LogP contribution is -2.40. The van der Waals surface area contributed by atoms with Crippen molar-refractivity contribution in [2.45, 2.75) is 18.9 Å². The average molecular weight is 373 g/mol. The summed E-state index contributed by atoms with van der Waals surface area (Å²) >= 11 is 5.86. The van der Waals surface area contributed by atoms with Crippen LogP contribution >= 0.6 is 11.6 Å². The van der Waals surface area contributed by atoms with Gasteiger partial charge in [0.25, 0.3) is 0 Å². The molecule has 1 aliphatic rings. The molecule has 1 heterocycles. The van der Waals surface area contributed by atoms with Crippen molar-refractivity contribution in [3.8, 4) is 0 Å². The summed E-state index contributed by atoms with van der Waals surface area (Å²) in [5.41, 5.74) is 2.21. The van der Waals surface area contributed by atoms with Gasteiger partial charge in [-0.3, -0.25) is 9.69 Å². The fourth-order valence-electron chi connectivity index (χ4n) is 3.16. The molecule has 2 aromatic carbocycles. The lowest BCUT2D eigenvalue weighted by atomic mass is 10.1. The lowest BCUT2D eigenvalue weighted by molar-refractivity contribution is -0.120. The molecule has 0 saturated carbocycles. The minimum absolute atomic E-state index is 0.0523. The van der Waals surface area contributed by atoms with E-state index in [1.807, 2.05) is 42.5 Å². The van der Waals surface area contributed by atoms with Crippen molar-refractivity contribution in [3.05, 3.63) is 70.7 Å². The summed E-state index contributed by atoms with van der Waals surface area (Å²) in [6.45, 7) is 4.26. The Bertz CT molecular complexity index is 691. The second-order valence-electron chi connectivity index (χ2n) is 6.58.